The van der Waals surface area contributed by atoms with Gasteiger partial charge in [0.25, 0.3) is 5.91 Å². The first-order valence-corrected chi connectivity index (χ1v) is 10.9. The fourth-order valence-electron chi connectivity index (χ4n) is 3.59. The lowest BCUT2D eigenvalue weighted by Gasteiger charge is -2.29. The van der Waals surface area contributed by atoms with E-state index in [4.69, 9.17) is 0 Å². The lowest BCUT2D eigenvalue weighted by molar-refractivity contribution is -0.117. The Morgan fingerprint density at radius 3 is 2.46 bits per heavy atom. The Bertz CT molecular complexity index is 836. The molecule has 4 rings (SSSR count). The number of amides is 2. The van der Waals surface area contributed by atoms with E-state index in [9.17, 15) is 9.59 Å². The van der Waals surface area contributed by atoms with Crippen molar-refractivity contribution in [3.05, 3.63) is 46.8 Å². The van der Waals surface area contributed by atoms with Crippen molar-refractivity contribution in [1.29, 1.82) is 0 Å². The topological polar surface area (TPSA) is 52.6 Å². The van der Waals surface area contributed by atoms with Crippen LogP contribution in [0.25, 0.3) is 0 Å². The minimum Gasteiger partial charge on any atom is -0.372 e. The summed E-state index contributed by atoms with van der Waals surface area (Å²) < 4.78 is 0. The molecule has 148 valence electrons. The first-order chi connectivity index (χ1) is 13.6. The van der Waals surface area contributed by atoms with Gasteiger partial charge in [0.15, 0.2) is 0 Å². The van der Waals surface area contributed by atoms with Gasteiger partial charge in [-0.05, 0) is 61.9 Å². The third-order valence-corrected chi connectivity index (χ3v) is 6.42. The Morgan fingerprint density at radius 2 is 1.79 bits per heavy atom. The van der Waals surface area contributed by atoms with Gasteiger partial charge in [-0.15, -0.1) is 11.3 Å². The summed E-state index contributed by atoms with van der Waals surface area (Å²) in [6, 6.07) is 12.2. The van der Waals surface area contributed by atoms with Crippen molar-refractivity contribution in [1.82, 2.24) is 4.90 Å². The van der Waals surface area contributed by atoms with Crippen LogP contribution in [-0.4, -0.2) is 36.9 Å². The maximum Gasteiger partial charge on any atom is 0.264 e. The van der Waals surface area contributed by atoms with Crippen LogP contribution in [0.2, 0.25) is 0 Å². The Labute approximate surface area is 170 Å². The van der Waals surface area contributed by atoms with Gasteiger partial charge >= 0.3 is 0 Å². The fraction of sp³-hybridized carbons (Fsp3) is 0.455. The van der Waals surface area contributed by atoms with Crippen molar-refractivity contribution >= 4 is 33.8 Å². The number of hydrogen-bond acceptors (Lipinski definition) is 4. The van der Waals surface area contributed by atoms with Crippen molar-refractivity contribution in [3.63, 3.8) is 0 Å². The molecule has 1 aliphatic carbocycles. The second-order valence-corrected chi connectivity index (χ2v) is 8.89. The number of rotatable bonds is 6. The van der Waals surface area contributed by atoms with Crippen LogP contribution in [0, 0.1) is 5.92 Å². The average molecular weight is 398 g/mol. The highest BCUT2D eigenvalue weighted by Crippen LogP contribution is 2.32. The summed E-state index contributed by atoms with van der Waals surface area (Å²) in [6.07, 6.45) is 5.81. The molecule has 5 nitrogen and oxygen atoms in total. The van der Waals surface area contributed by atoms with Gasteiger partial charge in [-0.3, -0.25) is 9.59 Å². The summed E-state index contributed by atoms with van der Waals surface area (Å²) in [6.45, 7) is 2.84. The molecule has 0 spiro atoms. The van der Waals surface area contributed by atoms with Crippen LogP contribution >= 0.6 is 11.3 Å². The van der Waals surface area contributed by atoms with Gasteiger partial charge in [0, 0.05) is 38.3 Å². The number of nitrogens with one attached hydrogen (secondary N) is 1. The first-order valence-electron chi connectivity index (χ1n) is 10.1. The zero-order chi connectivity index (χ0) is 19.5. The smallest absolute Gasteiger partial charge is 0.264 e. The van der Waals surface area contributed by atoms with E-state index in [0.717, 1.165) is 36.5 Å². The fourth-order valence-corrected chi connectivity index (χ4v) is 4.49. The number of benzene rings is 1. The quantitative estimate of drug-likeness (QED) is 0.788. The molecular formula is C22H27N3O2S. The molecule has 28 heavy (non-hydrogen) atoms. The molecule has 1 aromatic heterocycles. The van der Waals surface area contributed by atoms with Crippen LogP contribution in [0.5, 0.6) is 0 Å². The highest BCUT2D eigenvalue weighted by atomic mass is 32.1. The van der Waals surface area contributed by atoms with Gasteiger partial charge in [-0.2, -0.15) is 0 Å². The molecule has 1 N–H and O–H groups in total. The summed E-state index contributed by atoms with van der Waals surface area (Å²) >= 11 is 1.34. The zero-order valence-electron chi connectivity index (χ0n) is 16.3. The van der Waals surface area contributed by atoms with Gasteiger partial charge in [0.1, 0.15) is 0 Å². The number of hydrogen-bond donors (Lipinski definition) is 1. The number of piperidine rings is 1. The molecule has 2 fully saturated rings. The molecule has 1 saturated heterocycles. The summed E-state index contributed by atoms with van der Waals surface area (Å²) in [7, 11) is 1.82. The summed E-state index contributed by atoms with van der Waals surface area (Å²) in [5.41, 5.74) is 2.39. The molecule has 2 heterocycles. The molecule has 2 aliphatic rings. The minimum absolute atomic E-state index is 0.0166. The van der Waals surface area contributed by atoms with E-state index in [-0.39, 0.29) is 17.7 Å². The normalized spacial score (nSPS) is 16.7. The molecule has 0 unspecified atom stereocenters. The number of thiophene rings is 1. The van der Waals surface area contributed by atoms with Gasteiger partial charge in [-0.1, -0.05) is 12.1 Å². The van der Waals surface area contributed by atoms with E-state index < -0.39 is 0 Å². The summed E-state index contributed by atoms with van der Waals surface area (Å²) in [5.74, 6) is 0.219. The largest absolute Gasteiger partial charge is 0.372 e. The van der Waals surface area contributed by atoms with Crippen molar-refractivity contribution in [2.75, 3.05) is 30.4 Å². The maximum absolute atomic E-state index is 12.7. The number of carbonyl (C=O) groups excluding carboxylic acids is 2. The summed E-state index contributed by atoms with van der Waals surface area (Å²) in [5, 5.41) is 3.66. The van der Waals surface area contributed by atoms with Gasteiger partial charge < -0.3 is 15.1 Å². The van der Waals surface area contributed by atoms with Crippen LogP contribution in [0.15, 0.2) is 36.4 Å². The Kier molecular flexibility index (Phi) is 5.67. The standard InChI is InChI=1S/C22H27N3O2S/c1-24(15-16-5-9-18(10-6-16)25-13-3-2-4-14-25)22(27)19-11-12-20(28-19)23-21(26)17-7-8-17/h5-6,9-12,17H,2-4,7-8,13-15H2,1H3,(H,23,26). The molecule has 0 atom stereocenters. The second-order valence-electron chi connectivity index (χ2n) is 7.80. The first kappa shape index (κ1) is 19.0. The third-order valence-electron chi connectivity index (χ3n) is 5.44. The predicted octanol–water partition coefficient (Wildman–Crippen LogP) is 4.36. The molecule has 1 saturated carbocycles. The van der Waals surface area contributed by atoms with Crippen LogP contribution < -0.4 is 10.2 Å². The lowest BCUT2D eigenvalue weighted by atomic mass is 10.1. The van der Waals surface area contributed by atoms with E-state index >= 15 is 0 Å². The van der Waals surface area contributed by atoms with Gasteiger partial charge in [0.2, 0.25) is 5.91 Å². The summed E-state index contributed by atoms with van der Waals surface area (Å²) in [4.78, 5) is 29.4. The van der Waals surface area contributed by atoms with Crippen molar-refractivity contribution in [2.24, 2.45) is 5.92 Å². The van der Waals surface area contributed by atoms with E-state index in [1.165, 1.54) is 36.3 Å². The molecule has 0 bridgehead atoms. The molecule has 2 amide bonds. The molecule has 0 radical (unpaired) electrons. The Balaban J connectivity index is 1.33. The number of anilines is 2. The maximum atomic E-state index is 12.7. The van der Waals surface area contributed by atoms with Gasteiger partial charge in [0.05, 0.1) is 9.88 Å². The molecular weight excluding hydrogens is 370 g/mol. The van der Waals surface area contributed by atoms with Gasteiger partial charge in [-0.25, -0.2) is 0 Å². The second kappa shape index (κ2) is 8.35. The number of carbonyl (C=O) groups is 2. The van der Waals surface area contributed by atoms with Crippen LogP contribution in [0.4, 0.5) is 10.7 Å². The molecule has 2 aromatic rings. The van der Waals surface area contributed by atoms with Crippen LogP contribution in [0.1, 0.15) is 47.3 Å². The molecule has 1 aromatic carbocycles. The molecule has 6 heteroatoms. The highest BCUT2D eigenvalue weighted by Gasteiger charge is 2.30. The zero-order valence-corrected chi connectivity index (χ0v) is 17.1. The van der Waals surface area contributed by atoms with Crippen molar-refractivity contribution in [2.45, 2.75) is 38.6 Å². The van der Waals surface area contributed by atoms with E-state index in [1.54, 1.807) is 11.0 Å². The van der Waals surface area contributed by atoms with Crippen molar-refractivity contribution in [3.8, 4) is 0 Å². The van der Waals surface area contributed by atoms with Crippen molar-refractivity contribution < 1.29 is 9.59 Å². The van der Waals surface area contributed by atoms with E-state index in [1.807, 2.05) is 13.1 Å². The minimum atomic E-state index is -0.0166. The van der Waals surface area contributed by atoms with Crippen LogP contribution in [-0.2, 0) is 11.3 Å². The highest BCUT2D eigenvalue weighted by molar-refractivity contribution is 7.18. The number of nitrogens with zero attached hydrogens (tertiary/aromatic N) is 2. The Hall–Kier alpha value is -2.34. The monoisotopic (exact) mass is 397 g/mol. The lowest BCUT2D eigenvalue weighted by Crippen LogP contribution is -2.29. The average Bonchev–Trinajstić information content (AvgIpc) is 3.48. The Morgan fingerprint density at radius 1 is 1.07 bits per heavy atom. The third kappa shape index (κ3) is 4.55. The molecule has 1 aliphatic heterocycles. The van der Waals surface area contributed by atoms with E-state index in [0.29, 0.717) is 11.4 Å². The van der Waals surface area contributed by atoms with Crippen LogP contribution in [0.3, 0.4) is 0 Å². The van der Waals surface area contributed by atoms with E-state index in [2.05, 4.69) is 34.5 Å². The predicted molar refractivity (Wildman–Crippen MR) is 114 cm³/mol. The SMILES string of the molecule is CN(Cc1ccc(N2CCCCC2)cc1)C(=O)c1ccc(NC(=O)C2CC2)s1.